The van der Waals surface area contributed by atoms with Gasteiger partial charge in [0, 0.05) is 10.5 Å². The molecule has 5 heteroatoms. The summed E-state index contributed by atoms with van der Waals surface area (Å²) < 4.78 is -0.308. The van der Waals surface area contributed by atoms with Crippen LogP contribution < -0.4 is 0 Å². The Hall–Kier alpha value is -0.710. The minimum atomic E-state index is -0.799. The molecule has 0 spiro atoms. The Kier molecular flexibility index (Phi) is 18.4. The summed E-state index contributed by atoms with van der Waals surface area (Å²) in [7, 11) is 0. The van der Waals surface area contributed by atoms with Crippen LogP contribution in [-0.4, -0.2) is 32.7 Å². The topological polar surface area (TPSA) is 74.6 Å². The summed E-state index contributed by atoms with van der Waals surface area (Å²) in [5, 5.41) is 18.6. The lowest BCUT2D eigenvalue weighted by atomic mass is 9.90. The molecule has 0 radical (unpaired) electrons. The van der Waals surface area contributed by atoms with Crippen LogP contribution in [0.2, 0.25) is 0 Å². The normalized spacial score (nSPS) is 12.1. The van der Waals surface area contributed by atoms with Gasteiger partial charge in [0.15, 0.2) is 0 Å². The van der Waals surface area contributed by atoms with Crippen LogP contribution in [0.4, 0.5) is 0 Å². The molecule has 0 heterocycles. The average molecular weight is 459 g/mol. The lowest BCUT2D eigenvalue weighted by molar-refractivity contribution is -0.138. The van der Waals surface area contributed by atoms with Gasteiger partial charge in [0.1, 0.15) is 0 Å². The first kappa shape index (κ1) is 30.3. The SMILES string of the molecule is CC(C)CCCCCCCC(CCCCCCCC(C)C)(CC(=O)O)SCCC(=O)O. The largest absolute Gasteiger partial charge is 0.481 e. The van der Waals surface area contributed by atoms with Gasteiger partial charge in [-0.3, -0.25) is 9.59 Å². The zero-order valence-electron chi connectivity index (χ0n) is 20.8. The van der Waals surface area contributed by atoms with Gasteiger partial charge in [-0.2, -0.15) is 11.8 Å². The fraction of sp³-hybridized carbons (Fsp3) is 0.923. The van der Waals surface area contributed by atoms with Crippen molar-refractivity contribution >= 4 is 23.7 Å². The number of carbonyl (C=O) groups is 2. The Morgan fingerprint density at radius 2 is 1.10 bits per heavy atom. The van der Waals surface area contributed by atoms with Gasteiger partial charge in [-0.15, -0.1) is 0 Å². The number of unbranched alkanes of at least 4 members (excludes halogenated alkanes) is 8. The fourth-order valence-corrected chi connectivity index (χ4v) is 5.70. The molecule has 0 aromatic rings. The third kappa shape index (κ3) is 19.7. The van der Waals surface area contributed by atoms with E-state index in [4.69, 9.17) is 5.11 Å². The highest BCUT2D eigenvalue weighted by Gasteiger charge is 2.32. The van der Waals surface area contributed by atoms with Gasteiger partial charge in [-0.25, -0.2) is 0 Å². The molecule has 4 nitrogen and oxygen atoms in total. The van der Waals surface area contributed by atoms with Gasteiger partial charge in [0.2, 0.25) is 0 Å². The molecule has 2 N–H and O–H groups in total. The first-order valence-corrected chi connectivity index (χ1v) is 13.7. The van der Waals surface area contributed by atoms with E-state index in [1.165, 1.54) is 51.4 Å². The van der Waals surface area contributed by atoms with E-state index in [2.05, 4.69) is 27.7 Å². The van der Waals surface area contributed by atoms with Crippen LogP contribution in [0.3, 0.4) is 0 Å². The first-order chi connectivity index (χ1) is 14.7. The molecule has 0 aliphatic carbocycles. The summed E-state index contributed by atoms with van der Waals surface area (Å²) in [6, 6.07) is 0. The first-order valence-electron chi connectivity index (χ1n) is 12.7. The summed E-state index contributed by atoms with van der Waals surface area (Å²) in [5.41, 5.74) is 0. The van der Waals surface area contributed by atoms with Crippen LogP contribution in [0.1, 0.15) is 130 Å². The second-order valence-electron chi connectivity index (χ2n) is 10.1. The second-order valence-corrected chi connectivity index (χ2v) is 11.7. The van der Waals surface area contributed by atoms with Crippen molar-refractivity contribution in [1.29, 1.82) is 0 Å². The maximum Gasteiger partial charge on any atom is 0.304 e. The number of carboxylic acids is 2. The van der Waals surface area contributed by atoms with Crippen molar-refractivity contribution in [2.75, 3.05) is 5.75 Å². The summed E-state index contributed by atoms with van der Waals surface area (Å²) in [6.07, 6.45) is 16.5. The van der Waals surface area contributed by atoms with Crippen LogP contribution in [-0.2, 0) is 9.59 Å². The second kappa shape index (κ2) is 18.8. The highest BCUT2D eigenvalue weighted by molar-refractivity contribution is 8.00. The molecule has 0 aliphatic heterocycles. The molecular weight excluding hydrogens is 408 g/mol. The van der Waals surface area contributed by atoms with Crippen molar-refractivity contribution in [3.05, 3.63) is 0 Å². The van der Waals surface area contributed by atoms with Gasteiger partial charge in [-0.1, -0.05) is 105 Å². The van der Waals surface area contributed by atoms with Gasteiger partial charge in [0.05, 0.1) is 12.8 Å². The maximum atomic E-state index is 11.7. The number of thioether (sulfide) groups is 1. The van der Waals surface area contributed by atoms with Gasteiger partial charge in [-0.05, 0) is 24.7 Å². The molecule has 0 aromatic heterocycles. The molecule has 0 bridgehead atoms. The van der Waals surface area contributed by atoms with Gasteiger partial charge < -0.3 is 10.2 Å². The minimum Gasteiger partial charge on any atom is -0.481 e. The zero-order chi connectivity index (χ0) is 23.5. The van der Waals surface area contributed by atoms with Crippen LogP contribution >= 0.6 is 11.8 Å². The molecule has 0 fully saturated rings. The van der Waals surface area contributed by atoms with Crippen molar-refractivity contribution in [3.8, 4) is 0 Å². The molecule has 31 heavy (non-hydrogen) atoms. The fourth-order valence-electron chi connectivity index (χ4n) is 4.19. The van der Waals surface area contributed by atoms with E-state index in [-0.39, 0.29) is 17.6 Å². The molecule has 0 aromatic carbocycles. The molecule has 0 saturated heterocycles. The van der Waals surface area contributed by atoms with E-state index >= 15 is 0 Å². The maximum absolute atomic E-state index is 11.7. The highest BCUT2D eigenvalue weighted by Crippen LogP contribution is 2.40. The van der Waals surface area contributed by atoms with Crippen molar-refractivity contribution < 1.29 is 19.8 Å². The predicted octanol–water partition coefficient (Wildman–Crippen LogP) is 8.18. The van der Waals surface area contributed by atoms with Gasteiger partial charge >= 0.3 is 11.9 Å². The highest BCUT2D eigenvalue weighted by atomic mass is 32.2. The average Bonchev–Trinajstić information content (AvgIpc) is 2.65. The predicted molar refractivity (Wildman–Crippen MR) is 134 cm³/mol. The summed E-state index contributed by atoms with van der Waals surface area (Å²) in [4.78, 5) is 22.7. The molecule has 184 valence electrons. The lowest BCUT2D eigenvalue weighted by Crippen LogP contribution is -2.29. The minimum absolute atomic E-state index is 0.108. The van der Waals surface area contributed by atoms with Crippen LogP contribution in [0, 0.1) is 11.8 Å². The summed E-state index contributed by atoms with van der Waals surface area (Å²) in [6.45, 7) is 9.05. The Morgan fingerprint density at radius 1 is 0.677 bits per heavy atom. The van der Waals surface area contributed by atoms with Crippen LogP contribution in [0.15, 0.2) is 0 Å². The lowest BCUT2D eigenvalue weighted by Gasteiger charge is -2.32. The molecule has 0 atom stereocenters. The molecule has 0 rings (SSSR count). The number of carboxylic acid groups (broad SMARTS) is 2. The molecular formula is C26H50O4S. The number of hydrogen-bond donors (Lipinski definition) is 2. The van der Waals surface area contributed by atoms with Gasteiger partial charge in [0.25, 0.3) is 0 Å². The van der Waals surface area contributed by atoms with Crippen LogP contribution in [0.5, 0.6) is 0 Å². The van der Waals surface area contributed by atoms with Crippen molar-refractivity contribution in [2.24, 2.45) is 11.8 Å². The van der Waals surface area contributed by atoms with E-state index in [0.29, 0.717) is 5.75 Å². The quantitative estimate of drug-likeness (QED) is 0.160. The van der Waals surface area contributed by atoms with Crippen molar-refractivity contribution in [3.63, 3.8) is 0 Å². The molecule has 0 saturated carbocycles. The van der Waals surface area contributed by atoms with E-state index < -0.39 is 11.9 Å². The standard InChI is InChI=1S/C26H50O4S/c1-22(2)15-11-7-5-9-13-18-26(21-25(29)30,31-20-17-24(27)28)19-14-10-6-8-12-16-23(3)4/h22-23H,5-21H2,1-4H3,(H,27,28)(H,29,30). The number of aliphatic carboxylic acids is 2. The van der Waals surface area contributed by atoms with Crippen LogP contribution in [0.25, 0.3) is 0 Å². The number of rotatable bonds is 22. The molecule has 0 aliphatic rings. The van der Waals surface area contributed by atoms with E-state index in [1.807, 2.05) is 0 Å². The number of hydrogen-bond acceptors (Lipinski definition) is 3. The van der Waals surface area contributed by atoms with Crippen molar-refractivity contribution in [1.82, 2.24) is 0 Å². The molecule has 0 unspecified atom stereocenters. The third-order valence-electron chi connectivity index (χ3n) is 6.03. The summed E-state index contributed by atoms with van der Waals surface area (Å²) in [5.74, 6) is 0.480. The zero-order valence-corrected chi connectivity index (χ0v) is 21.6. The Balaban J connectivity index is 4.58. The van der Waals surface area contributed by atoms with E-state index in [0.717, 1.165) is 50.4 Å². The molecule has 0 amide bonds. The van der Waals surface area contributed by atoms with Crippen molar-refractivity contribution in [2.45, 2.75) is 135 Å². The monoisotopic (exact) mass is 458 g/mol. The third-order valence-corrected chi connectivity index (χ3v) is 7.60. The Bertz CT molecular complexity index is 440. The summed E-state index contributed by atoms with van der Waals surface area (Å²) >= 11 is 1.61. The van der Waals surface area contributed by atoms with E-state index in [1.54, 1.807) is 11.8 Å². The smallest absolute Gasteiger partial charge is 0.304 e. The Labute approximate surface area is 196 Å². The Morgan fingerprint density at radius 3 is 1.48 bits per heavy atom. The van der Waals surface area contributed by atoms with E-state index in [9.17, 15) is 14.7 Å².